The second-order valence-corrected chi connectivity index (χ2v) is 9.13. The fraction of sp³-hybridized carbons (Fsp3) is 0.850. The Morgan fingerprint density at radius 3 is 2.73 bits per heavy atom. The Kier molecular flexibility index (Phi) is 3.18. The molecular weight excluding hydrogens is 272 g/mol. The molecule has 2 nitrogen and oxygen atoms in total. The molecule has 0 aromatic rings. The fourth-order valence-electron chi connectivity index (χ4n) is 6.83. The molecule has 0 aromatic heterocycles. The van der Waals surface area contributed by atoms with Crippen molar-refractivity contribution in [2.75, 3.05) is 0 Å². The summed E-state index contributed by atoms with van der Waals surface area (Å²) in [6, 6.07) is 0. The number of aliphatic hydroxyl groups is 1. The normalized spacial score (nSPS) is 54.3. The molecule has 22 heavy (non-hydrogen) atoms. The summed E-state index contributed by atoms with van der Waals surface area (Å²) >= 11 is 0. The zero-order valence-electron chi connectivity index (χ0n) is 14.3. The van der Waals surface area contributed by atoms with E-state index in [9.17, 15) is 9.90 Å². The Hall–Kier alpha value is -0.630. The van der Waals surface area contributed by atoms with Gasteiger partial charge in [-0.2, -0.15) is 0 Å². The monoisotopic (exact) mass is 302 g/mol. The van der Waals surface area contributed by atoms with Gasteiger partial charge in [0.15, 0.2) is 5.78 Å². The fourth-order valence-corrected chi connectivity index (χ4v) is 6.83. The van der Waals surface area contributed by atoms with Crippen molar-refractivity contribution in [3.8, 4) is 0 Å². The Morgan fingerprint density at radius 1 is 1.18 bits per heavy atom. The van der Waals surface area contributed by atoms with Crippen molar-refractivity contribution in [1.82, 2.24) is 0 Å². The van der Waals surface area contributed by atoms with Crippen LogP contribution in [0.3, 0.4) is 0 Å². The summed E-state index contributed by atoms with van der Waals surface area (Å²) in [5, 5.41) is 10.9. The number of carbonyl (C=O) groups is 1. The minimum atomic E-state index is -0.485. The van der Waals surface area contributed by atoms with Crippen molar-refractivity contribution in [3.63, 3.8) is 0 Å². The van der Waals surface area contributed by atoms with E-state index in [4.69, 9.17) is 0 Å². The Morgan fingerprint density at radius 2 is 1.95 bits per heavy atom. The van der Waals surface area contributed by atoms with Gasteiger partial charge in [-0.15, -0.1) is 0 Å². The first kappa shape index (κ1) is 14.9. The molecule has 0 bridgehead atoms. The van der Waals surface area contributed by atoms with E-state index >= 15 is 0 Å². The molecule has 0 radical (unpaired) electrons. The number of ketones is 1. The molecule has 3 fully saturated rings. The topological polar surface area (TPSA) is 37.3 Å². The molecule has 4 aliphatic carbocycles. The predicted molar refractivity (Wildman–Crippen MR) is 87.3 cm³/mol. The number of fused-ring (bicyclic) bond motifs is 5. The van der Waals surface area contributed by atoms with Crippen LogP contribution in [0.4, 0.5) is 0 Å². The molecule has 0 aromatic carbocycles. The summed E-state index contributed by atoms with van der Waals surface area (Å²) < 4.78 is 0. The molecule has 0 amide bonds. The summed E-state index contributed by atoms with van der Waals surface area (Å²) in [6.45, 7) is 6.82. The quantitative estimate of drug-likeness (QED) is 0.730. The maximum atomic E-state index is 11.8. The Labute approximate surface area is 134 Å². The van der Waals surface area contributed by atoms with Gasteiger partial charge in [-0.05, 0) is 86.5 Å². The molecule has 3 saturated carbocycles. The van der Waals surface area contributed by atoms with Crippen molar-refractivity contribution < 1.29 is 9.90 Å². The van der Waals surface area contributed by atoms with Gasteiger partial charge in [0.2, 0.25) is 0 Å². The van der Waals surface area contributed by atoms with Crippen LogP contribution in [0.15, 0.2) is 11.6 Å². The predicted octanol–water partition coefficient (Wildman–Crippen LogP) is 4.13. The summed E-state index contributed by atoms with van der Waals surface area (Å²) in [7, 11) is 0. The average molecular weight is 302 g/mol. The van der Waals surface area contributed by atoms with E-state index in [0.29, 0.717) is 23.5 Å². The maximum Gasteiger partial charge on any atom is 0.155 e. The van der Waals surface area contributed by atoms with Gasteiger partial charge in [0, 0.05) is 6.42 Å². The van der Waals surface area contributed by atoms with Crippen molar-refractivity contribution >= 4 is 5.78 Å². The lowest BCUT2D eigenvalue weighted by molar-refractivity contribution is -0.121. The van der Waals surface area contributed by atoms with Gasteiger partial charge < -0.3 is 5.11 Å². The van der Waals surface area contributed by atoms with E-state index in [0.717, 1.165) is 43.9 Å². The first-order chi connectivity index (χ1) is 10.3. The van der Waals surface area contributed by atoms with Crippen molar-refractivity contribution in [2.45, 2.75) is 71.3 Å². The number of hydrogen-bond acceptors (Lipinski definition) is 2. The molecule has 4 aliphatic rings. The van der Waals surface area contributed by atoms with Crippen molar-refractivity contribution in [3.05, 3.63) is 11.6 Å². The third-order valence-electron chi connectivity index (χ3n) is 8.20. The van der Waals surface area contributed by atoms with Gasteiger partial charge in [-0.25, -0.2) is 0 Å². The van der Waals surface area contributed by atoms with Gasteiger partial charge in [0.05, 0.1) is 5.60 Å². The zero-order valence-corrected chi connectivity index (χ0v) is 14.3. The first-order valence-corrected chi connectivity index (χ1v) is 9.29. The lowest BCUT2D eigenvalue weighted by atomic mass is 9.48. The van der Waals surface area contributed by atoms with Crippen molar-refractivity contribution in [2.24, 2.45) is 35.0 Å². The zero-order chi connectivity index (χ0) is 15.7. The van der Waals surface area contributed by atoms with E-state index in [1.165, 1.54) is 18.4 Å². The van der Waals surface area contributed by atoms with Crippen LogP contribution >= 0.6 is 0 Å². The van der Waals surface area contributed by atoms with Gasteiger partial charge in [0.25, 0.3) is 0 Å². The standard InChI is InChI=1S/C20H30O2/c1-12-10-13-11-14(21)4-5-15(13)16-6-8-19(2)17(18(12)16)7-9-20(19,3)22/h11-12,15-18,22H,4-10H2,1-3H3/t12?,15-,16+,17-,18+,19-,20-/m0/s1. The van der Waals surface area contributed by atoms with Crippen LogP contribution < -0.4 is 0 Å². The van der Waals surface area contributed by atoms with E-state index in [1.54, 1.807) is 0 Å². The molecule has 0 saturated heterocycles. The van der Waals surface area contributed by atoms with E-state index in [-0.39, 0.29) is 5.41 Å². The molecule has 1 unspecified atom stereocenters. The first-order valence-electron chi connectivity index (χ1n) is 9.29. The largest absolute Gasteiger partial charge is 0.390 e. The Balaban J connectivity index is 1.69. The maximum absolute atomic E-state index is 11.8. The molecular formula is C20H30O2. The van der Waals surface area contributed by atoms with E-state index < -0.39 is 5.60 Å². The van der Waals surface area contributed by atoms with Gasteiger partial charge in [-0.3, -0.25) is 4.79 Å². The van der Waals surface area contributed by atoms with Crippen LogP contribution in [0.5, 0.6) is 0 Å². The van der Waals surface area contributed by atoms with Gasteiger partial charge >= 0.3 is 0 Å². The highest BCUT2D eigenvalue weighted by atomic mass is 16.3. The molecule has 0 aliphatic heterocycles. The number of rotatable bonds is 0. The summed E-state index contributed by atoms with van der Waals surface area (Å²) in [5.74, 6) is 3.86. The molecule has 4 rings (SSSR count). The molecule has 122 valence electrons. The smallest absolute Gasteiger partial charge is 0.155 e. The lowest BCUT2D eigenvalue weighted by Gasteiger charge is -2.57. The van der Waals surface area contributed by atoms with Gasteiger partial charge in [0.1, 0.15) is 0 Å². The second kappa shape index (κ2) is 4.69. The lowest BCUT2D eigenvalue weighted by Crippen LogP contribution is -2.53. The van der Waals surface area contributed by atoms with E-state index in [2.05, 4.69) is 20.8 Å². The minimum absolute atomic E-state index is 0.105. The van der Waals surface area contributed by atoms with Gasteiger partial charge in [-0.1, -0.05) is 19.4 Å². The second-order valence-electron chi connectivity index (χ2n) is 9.13. The SMILES string of the molecule is CC1CC2=CC(=O)CC[C@@H]2[C@H]2CC[C@@]3(C)[C@@H](CC[C@]3(C)O)[C@H]12. The van der Waals surface area contributed by atoms with E-state index in [1.807, 2.05) is 6.08 Å². The minimum Gasteiger partial charge on any atom is -0.390 e. The van der Waals surface area contributed by atoms with Crippen LogP contribution in [-0.2, 0) is 4.79 Å². The highest BCUT2D eigenvalue weighted by molar-refractivity contribution is 5.91. The number of carbonyl (C=O) groups excluding carboxylic acids is 1. The van der Waals surface area contributed by atoms with Crippen molar-refractivity contribution in [1.29, 1.82) is 0 Å². The number of hydrogen-bond donors (Lipinski definition) is 1. The van der Waals surface area contributed by atoms with Crippen LogP contribution in [0.1, 0.15) is 65.7 Å². The average Bonchev–Trinajstić information content (AvgIpc) is 2.69. The molecule has 2 heteroatoms. The Bertz CT molecular complexity index is 532. The summed E-state index contributed by atoms with van der Waals surface area (Å²) in [5.41, 5.74) is 1.08. The highest BCUT2D eigenvalue weighted by Gasteiger charge is 2.61. The third kappa shape index (κ3) is 1.85. The summed E-state index contributed by atoms with van der Waals surface area (Å²) in [6.07, 6.45) is 9.51. The highest BCUT2D eigenvalue weighted by Crippen LogP contribution is 2.65. The molecule has 1 N–H and O–H groups in total. The molecule has 7 atom stereocenters. The third-order valence-corrected chi connectivity index (χ3v) is 8.20. The number of allylic oxidation sites excluding steroid dienone is 1. The summed E-state index contributed by atoms with van der Waals surface area (Å²) in [4.78, 5) is 11.8. The van der Waals surface area contributed by atoms with Crippen LogP contribution in [0.25, 0.3) is 0 Å². The van der Waals surface area contributed by atoms with Crippen LogP contribution in [0.2, 0.25) is 0 Å². The van der Waals surface area contributed by atoms with Crippen LogP contribution in [0, 0.1) is 35.0 Å². The molecule has 0 heterocycles. The molecule has 0 spiro atoms. The van der Waals surface area contributed by atoms with Crippen LogP contribution in [-0.4, -0.2) is 16.5 Å².